The molecule has 0 radical (unpaired) electrons. The minimum atomic E-state index is -0.926. The van der Waals surface area contributed by atoms with E-state index in [9.17, 15) is 4.79 Å². The predicted molar refractivity (Wildman–Crippen MR) is 135 cm³/mol. The van der Waals surface area contributed by atoms with E-state index in [1.54, 1.807) is 6.08 Å². The van der Waals surface area contributed by atoms with E-state index in [4.69, 9.17) is 10.8 Å². The number of hydrogen-bond acceptors (Lipinski definition) is 3. The van der Waals surface area contributed by atoms with E-state index in [0.29, 0.717) is 5.92 Å². The van der Waals surface area contributed by atoms with Crippen molar-refractivity contribution in [3.63, 3.8) is 0 Å². The minimum Gasteiger partial charge on any atom is -0.478 e. The van der Waals surface area contributed by atoms with Crippen molar-refractivity contribution in [2.45, 2.75) is 70.4 Å². The Hall–Kier alpha value is -2.79. The number of nitrogens with two attached hydrogens (primary N) is 1. The molecule has 1 aromatic heterocycles. The minimum absolute atomic E-state index is 0.0517. The number of allylic oxidation sites excluding steroid dienone is 1. The molecule has 2 rings (SSSR count). The standard InChI is InChI=1S/C27H39N3O2/c1-2-3-12-24(28)13-7-11-23(16-15-22-9-5-4-6-10-22)17-18-25(19-20-27(31)32)30-26-14-8-21-29-26/h4-6,8-10,14-16,19-21,23-25,29-30H,2-3,7,11-13,17-18,28H2,1H3,(H,31,32)/b16-15+,20-19+/t23-,24+,25-/m1/s1. The molecule has 5 nitrogen and oxygen atoms in total. The molecular weight excluding hydrogens is 398 g/mol. The second kappa shape index (κ2) is 15.1. The molecule has 0 amide bonds. The Kier molecular flexibility index (Phi) is 12.0. The second-order valence-corrected chi connectivity index (χ2v) is 8.47. The summed E-state index contributed by atoms with van der Waals surface area (Å²) in [6, 6.07) is 14.5. The third-order valence-corrected chi connectivity index (χ3v) is 5.70. The van der Waals surface area contributed by atoms with Crippen LogP contribution in [0.4, 0.5) is 5.82 Å². The molecule has 0 bridgehead atoms. The number of benzene rings is 1. The molecule has 1 aromatic carbocycles. The quantitative estimate of drug-likeness (QED) is 0.234. The molecule has 32 heavy (non-hydrogen) atoms. The van der Waals surface area contributed by atoms with E-state index in [2.05, 4.69) is 53.6 Å². The van der Waals surface area contributed by atoms with Crippen LogP contribution < -0.4 is 11.1 Å². The Morgan fingerprint density at radius 3 is 2.50 bits per heavy atom. The van der Waals surface area contributed by atoms with Gasteiger partial charge in [-0.05, 0) is 55.7 Å². The summed E-state index contributed by atoms with van der Waals surface area (Å²) in [4.78, 5) is 14.2. The van der Waals surface area contributed by atoms with Crippen molar-refractivity contribution in [1.29, 1.82) is 0 Å². The summed E-state index contributed by atoms with van der Waals surface area (Å²) in [6.45, 7) is 2.20. The van der Waals surface area contributed by atoms with Gasteiger partial charge < -0.3 is 21.1 Å². The first-order valence-corrected chi connectivity index (χ1v) is 11.9. The van der Waals surface area contributed by atoms with Gasteiger partial charge >= 0.3 is 5.97 Å². The van der Waals surface area contributed by atoms with Crippen molar-refractivity contribution in [3.8, 4) is 0 Å². The van der Waals surface area contributed by atoms with Gasteiger partial charge in [-0.1, -0.05) is 74.7 Å². The molecule has 5 N–H and O–H groups in total. The third kappa shape index (κ3) is 11.0. The zero-order valence-corrected chi connectivity index (χ0v) is 19.2. The molecule has 0 unspecified atom stereocenters. The van der Waals surface area contributed by atoms with E-state index in [1.807, 2.05) is 24.4 Å². The summed E-state index contributed by atoms with van der Waals surface area (Å²) in [5.41, 5.74) is 7.48. The van der Waals surface area contributed by atoms with Crippen LogP contribution in [-0.2, 0) is 4.79 Å². The molecule has 0 aliphatic heterocycles. The van der Waals surface area contributed by atoms with Gasteiger partial charge in [-0.25, -0.2) is 4.79 Å². The van der Waals surface area contributed by atoms with Gasteiger partial charge in [-0.3, -0.25) is 0 Å². The number of aromatic nitrogens is 1. The lowest BCUT2D eigenvalue weighted by Gasteiger charge is -2.19. The number of hydrogen-bond donors (Lipinski definition) is 4. The monoisotopic (exact) mass is 437 g/mol. The zero-order chi connectivity index (χ0) is 23.0. The summed E-state index contributed by atoms with van der Waals surface area (Å²) >= 11 is 0. The first-order chi connectivity index (χ1) is 15.6. The Morgan fingerprint density at radius 1 is 1.03 bits per heavy atom. The summed E-state index contributed by atoms with van der Waals surface area (Å²) in [6.07, 6.45) is 17.9. The highest BCUT2D eigenvalue weighted by Crippen LogP contribution is 2.22. The maximum absolute atomic E-state index is 11.0. The van der Waals surface area contributed by atoms with Crippen LogP contribution in [0.1, 0.15) is 63.9 Å². The van der Waals surface area contributed by atoms with E-state index < -0.39 is 5.97 Å². The molecule has 0 saturated carbocycles. The van der Waals surface area contributed by atoms with Crippen LogP contribution in [0.3, 0.4) is 0 Å². The molecule has 0 aliphatic rings. The fourth-order valence-electron chi connectivity index (χ4n) is 3.83. The number of anilines is 1. The molecule has 5 heteroatoms. The summed E-state index contributed by atoms with van der Waals surface area (Å²) in [5.74, 6) is 0.382. The molecular formula is C27H39N3O2. The van der Waals surface area contributed by atoms with Crippen LogP contribution in [0.2, 0.25) is 0 Å². The number of H-pyrrole nitrogens is 1. The van der Waals surface area contributed by atoms with Crippen molar-refractivity contribution in [3.05, 3.63) is 72.5 Å². The van der Waals surface area contributed by atoms with E-state index in [-0.39, 0.29) is 12.1 Å². The van der Waals surface area contributed by atoms with E-state index >= 15 is 0 Å². The van der Waals surface area contributed by atoms with Crippen LogP contribution in [-0.4, -0.2) is 28.1 Å². The van der Waals surface area contributed by atoms with Gasteiger partial charge in [-0.15, -0.1) is 0 Å². The normalized spacial score (nSPS) is 14.6. The van der Waals surface area contributed by atoms with Crippen LogP contribution in [0, 0.1) is 5.92 Å². The highest BCUT2D eigenvalue weighted by molar-refractivity contribution is 5.79. The first kappa shape index (κ1) is 25.5. The maximum Gasteiger partial charge on any atom is 0.328 e. The van der Waals surface area contributed by atoms with Crippen molar-refractivity contribution in [2.75, 3.05) is 5.32 Å². The number of aromatic amines is 1. The van der Waals surface area contributed by atoms with Crippen LogP contribution in [0.15, 0.2) is 66.9 Å². The Bertz CT molecular complexity index is 800. The van der Waals surface area contributed by atoms with Crippen molar-refractivity contribution < 1.29 is 9.90 Å². The van der Waals surface area contributed by atoms with Crippen LogP contribution in [0.25, 0.3) is 6.08 Å². The second-order valence-electron chi connectivity index (χ2n) is 8.47. The van der Waals surface area contributed by atoms with E-state index in [0.717, 1.165) is 44.3 Å². The topological polar surface area (TPSA) is 91.1 Å². The Morgan fingerprint density at radius 2 is 1.81 bits per heavy atom. The number of carboxylic acids is 1. The highest BCUT2D eigenvalue weighted by Gasteiger charge is 2.12. The predicted octanol–water partition coefficient (Wildman–Crippen LogP) is 6.23. The Labute approximate surface area is 192 Å². The molecule has 0 fully saturated rings. The highest BCUT2D eigenvalue weighted by atomic mass is 16.4. The number of aliphatic carboxylic acids is 1. The maximum atomic E-state index is 11.0. The van der Waals surface area contributed by atoms with Gasteiger partial charge in [0.05, 0.1) is 0 Å². The van der Waals surface area contributed by atoms with Gasteiger partial charge in [0.1, 0.15) is 5.82 Å². The SMILES string of the molecule is CCCC[C@H](N)CCC[C@H](/C=C/c1ccccc1)CC[C@H](/C=C/C(=O)O)Nc1ccc[nH]1. The van der Waals surface area contributed by atoms with Crippen molar-refractivity contribution in [2.24, 2.45) is 11.7 Å². The van der Waals surface area contributed by atoms with Gasteiger partial charge in [0.2, 0.25) is 0 Å². The molecule has 0 spiro atoms. The number of carboxylic acid groups (broad SMARTS) is 1. The Balaban J connectivity index is 1.98. The summed E-state index contributed by atoms with van der Waals surface area (Å²) in [5, 5.41) is 12.5. The molecule has 3 atom stereocenters. The molecule has 1 heterocycles. The fraction of sp³-hybridized carbons (Fsp3) is 0.444. The van der Waals surface area contributed by atoms with E-state index in [1.165, 1.54) is 24.5 Å². The molecule has 2 aromatic rings. The number of unbranched alkanes of at least 4 members (excludes halogenated alkanes) is 1. The van der Waals surface area contributed by atoms with Gasteiger partial charge in [-0.2, -0.15) is 0 Å². The number of carbonyl (C=O) groups is 1. The molecule has 0 saturated heterocycles. The number of nitrogens with one attached hydrogen (secondary N) is 2. The van der Waals surface area contributed by atoms with Crippen LogP contribution >= 0.6 is 0 Å². The van der Waals surface area contributed by atoms with Gasteiger partial charge in [0.25, 0.3) is 0 Å². The lowest BCUT2D eigenvalue weighted by molar-refractivity contribution is -0.131. The van der Waals surface area contributed by atoms with Gasteiger partial charge in [0, 0.05) is 24.4 Å². The lowest BCUT2D eigenvalue weighted by Crippen LogP contribution is -2.20. The zero-order valence-electron chi connectivity index (χ0n) is 19.2. The number of rotatable bonds is 16. The van der Waals surface area contributed by atoms with Crippen molar-refractivity contribution >= 4 is 17.9 Å². The van der Waals surface area contributed by atoms with Crippen molar-refractivity contribution in [1.82, 2.24) is 4.98 Å². The molecule has 0 aliphatic carbocycles. The fourth-order valence-corrected chi connectivity index (χ4v) is 3.83. The first-order valence-electron chi connectivity index (χ1n) is 11.9. The summed E-state index contributed by atoms with van der Waals surface area (Å²) in [7, 11) is 0. The van der Waals surface area contributed by atoms with Gasteiger partial charge in [0.15, 0.2) is 0 Å². The largest absolute Gasteiger partial charge is 0.478 e. The summed E-state index contributed by atoms with van der Waals surface area (Å²) < 4.78 is 0. The average molecular weight is 438 g/mol. The lowest BCUT2D eigenvalue weighted by atomic mass is 9.92. The average Bonchev–Trinajstić information content (AvgIpc) is 3.30. The third-order valence-electron chi connectivity index (χ3n) is 5.70. The molecule has 174 valence electrons. The smallest absolute Gasteiger partial charge is 0.328 e. The van der Waals surface area contributed by atoms with Crippen LogP contribution in [0.5, 0.6) is 0 Å².